The van der Waals surface area contributed by atoms with Crippen LogP contribution in [0.15, 0.2) is 40.1 Å². The predicted molar refractivity (Wildman–Crippen MR) is 82.6 cm³/mol. The molecule has 0 radical (unpaired) electrons. The van der Waals surface area contributed by atoms with Crippen molar-refractivity contribution < 1.29 is 4.74 Å². The molecule has 2 aromatic rings. The molecule has 5 heteroatoms. The van der Waals surface area contributed by atoms with E-state index in [-0.39, 0.29) is 11.7 Å². The van der Waals surface area contributed by atoms with Gasteiger partial charge in [0.05, 0.1) is 23.9 Å². The highest BCUT2D eigenvalue weighted by Gasteiger charge is 2.15. The van der Waals surface area contributed by atoms with Crippen LogP contribution >= 0.6 is 0 Å². The van der Waals surface area contributed by atoms with Crippen LogP contribution in [0.3, 0.4) is 0 Å². The molecule has 1 atom stereocenters. The van der Waals surface area contributed by atoms with Crippen molar-refractivity contribution in [2.75, 3.05) is 13.2 Å². The van der Waals surface area contributed by atoms with Gasteiger partial charge in [-0.05, 0) is 31.9 Å². The maximum absolute atomic E-state index is 12.4. The van der Waals surface area contributed by atoms with Gasteiger partial charge >= 0.3 is 0 Å². The first-order valence-corrected chi connectivity index (χ1v) is 7.24. The number of ether oxygens (including phenoxy) is 1. The van der Waals surface area contributed by atoms with Crippen LogP contribution in [0.5, 0.6) is 0 Å². The maximum atomic E-state index is 12.4. The Morgan fingerprint density at radius 3 is 2.95 bits per heavy atom. The Balaban J connectivity index is 1.81. The molecule has 3 rings (SSSR count). The molecule has 0 unspecified atom stereocenters. The lowest BCUT2D eigenvalue weighted by atomic mass is 10.2. The van der Waals surface area contributed by atoms with Gasteiger partial charge in [0.25, 0.3) is 5.56 Å². The van der Waals surface area contributed by atoms with E-state index in [0.717, 1.165) is 30.8 Å². The highest BCUT2D eigenvalue weighted by Crippen LogP contribution is 2.12. The standard InChI is InChI=1S/C16H19N3O2/c1-12-15(11-17-10-14-8-5-9-21-14)16(20)19(18-12)13-6-3-2-4-7-13/h2-4,6-7,11,14,18H,5,8-10H2,1H3/t14-/m0/s1. The number of nitrogens with zero attached hydrogens (tertiary/aromatic N) is 2. The zero-order valence-corrected chi connectivity index (χ0v) is 12.1. The fraction of sp³-hybridized carbons (Fsp3) is 0.375. The maximum Gasteiger partial charge on any atom is 0.280 e. The average Bonchev–Trinajstić information content (AvgIpc) is 3.11. The van der Waals surface area contributed by atoms with Crippen molar-refractivity contribution in [3.63, 3.8) is 0 Å². The number of aryl methyl sites for hydroxylation is 1. The van der Waals surface area contributed by atoms with E-state index < -0.39 is 0 Å². The van der Waals surface area contributed by atoms with Crippen molar-refractivity contribution in [2.45, 2.75) is 25.9 Å². The van der Waals surface area contributed by atoms with Gasteiger partial charge in [-0.1, -0.05) is 18.2 Å². The third kappa shape index (κ3) is 2.97. The number of hydrogen-bond donors (Lipinski definition) is 1. The normalized spacial score (nSPS) is 18.6. The van der Waals surface area contributed by atoms with Gasteiger partial charge in [-0.3, -0.25) is 14.9 Å². The fourth-order valence-corrected chi connectivity index (χ4v) is 2.52. The number of para-hydroxylation sites is 1. The van der Waals surface area contributed by atoms with Crippen LogP contribution in [-0.4, -0.2) is 35.3 Å². The summed E-state index contributed by atoms with van der Waals surface area (Å²) in [4.78, 5) is 16.8. The topological polar surface area (TPSA) is 59.4 Å². The Kier molecular flexibility index (Phi) is 4.01. The molecule has 21 heavy (non-hydrogen) atoms. The molecule has 0 spiro atoms. The van der Waals surface area contributed by atoms with E-state index >= 15 is 0 Å². The van der Waals surface area contributed by atoms with Crippen LogP contribution in [0.4, 0.5) is 0 Å². The third-order valence-electron chi connectivity index (χ3n) is 3.68. The van der Waals surface area contributed by atoms with Gasteiger partial charge in [0.15, 0.2) is 0 Å². The monoisotopic (exact) mass is 285 g/mol. The Labute approximate surface area is 123 Å². The van der Waals surface area contributed by atoms with Gasteiger partial charge < -0.3 is 4.74 Å². The van der Waals surface area contributed by atoms with Gasteiger partial charge in [0.1, 0.15) is 0 Å². The van der Waals surface area contributed by atoms with Crippen molar-refractivity contribution in [2.24, 2.45) is 4.99 Å². The van der Waals surface area contributed by atoms with E-state index in [1.54, 1.807) is 10.9 Å². The molecule has 0 saturated carbocycles. The molecule has 5 nitrogen and oxygen atoms in total. The highest BCUT2D eigenvalue weighted by atomic mass is 16.5. The van der Waals surface area contributed by atoms with Crippen molar-refractivity contribution >= 4 is 6.21 Å². The molecule has 1 aromatic carbocycles. The molecule has 1 saturated heterocycles. The minimum Gasteiger partial charge on any atom is -0.376 e. The second-order valence-electron chi connectivity index (χ2n) is 5.26. The van der Waals surface area contributed by atoms with Crippen LogP contribution in [0.2, 0.25) is 0 Å². The van der Waals surface area contributed by atoms with Gasteiger partial charge in [-0.25, -0.2) is 4.68 Å². The largest absolute Gasteiger partial charge is 0.376 e. The highest BCUT2D eigenvalue weighted by molar-refractivity contribution is 5.80. The van der Waals surface area contributed by atoms with Gasteiger partial charge in [-0.2, -0.15) is 0 Å². The van der Waals surface area contributed by atoms with Crippen molar-refractivity contribution in [3.8, 4) is 5.69 Å². The summed E-state index contributed by atoms with van der Waals surface area (Å²) in [6.45, 7) is 3.33. The van der Waals surface area contributed by atoms with Gasteiger partial charge in [0.2, 0.25) is 0 Å². The third-order valence-corrected chi connectivity index (χ3v) is 3.68. The number of nitrogens with one attached hydrogen (secondary N) is 1. The lowest BCUT2D eigenvalue weighted by Gasteiger charge is -2.03. The van der Waals surface area contributed by atoms with Crippen molar-refractivity contribution in [1.82, 2.24) is 9.78 Å². The number of aliphatic imine (C=N–C) groups is 1. The van der Waals surface area contributed by atoms with Gasteiger partial charge in [0, 0.05) is 18.5 Å². The summed E-state index contributed by atoms with van der Waals surface area (Å²) in [5, 5.41) is 3.09. The molecular formula is C16H19N3O2. The van der Waals surface area contributed by atoms with Crippen LogP contribution in [-0.2, 0) is 4.74 Å². The van der Waals surface area contributed by atoms with E-state index in [2.05, 4.69) is 10.1 Å². The van der Waals surface area contributed by atoms with Gasteiger partial charge in [-0.15, -0.1) is 0 Å². The Morgan fingerprint density at radius 2 is 2.24 bits per heavy atom. The van der Waals surface area contributed by atoms with E-state index in [1.165, 1.54) is 0 Å². The first-order valence-electron chi connectivity index (χ1n) is 7.24. The fourth-order valence-electron chi connectivity index (χ4n) is 2.52. The number of aromatic amines is 1. The molecule has 0 aliphatic carbocycles. The number of rotatable bonds is 4. The smallest absolute Gasteiger partial charge is 0.280 e. The molecule has 0 bridgehead atoms. The summed E-state index contributed by atoms with van der Waals surface area (Å²) in [6.07, 6.45) is 4.02. The number of benzene rings is 1. The van der Waals surface area contributed by atoms with E-state index in [1.807, 2.05) is 37.3 Å². The summed E-state index contributed by atoms with van der Waals surface area (Å²) < 4.78 is 7.07. The zero-order valence-electron chi connectivity index (χ0n) is 12.1. The molecule has 1 aliphatic rings. The SMILES string of the molecule is Cc1[nH]n(-c2ccccc2)c(=O)c1C=NC[C@@H]1CCCO1. The number of H-pyrrole nitrogens is 1. The molecule has 0 amide bonds. The second kappa shape index (κ2) is 6.10. The van der Waals surface area contributed by atoms with Crippen molar-refractivity contribution in [3.05, 3.63) is 51.9 Å². The van der Waals surface area contributed by atoms with Crippen molar-refractivity contribution in [1.29, 1.82) is 0 Å². The first-order chi connectivity index (χ1) is 10.3. The second-order valence-corrected chi connectivity index (χ2v) is 5.26. The summed E-state index contributed by atoms with van der Waals surface area (Å²) >= 11 is 0. The molecule has 1 N–H and O–H groups in total. The lowest BCUT2D eigenvalue weighted by Crippen LogP contribution is -2.17. The molecule has 110 valence electrons. The van der Waals surface area contributed by atoms with E-state index in [9.17, 15) is 4.79 Å². The molecule has 1 fully saturated rings. The average molecular weight is 285 g/mol. The zero-order chi connectivity index (χ0) is 14.7. The first kappa shape index (κ1) is 13.8. The molecule has 2 heterocycles. The predicted octanol–water partition coefficient (Wildman–Crippen LogP) is 2.07. The quantitative estimate of drug-likeness (QED) is 0.874. The summed E-state index contributed by atoms with van der Waals surface area (Å²) in [7, 11) is 0. The lowest BCUT2D eigenvalue weighted by molar-refractivity contribution is 0.118. The molecule has 1 aromatic heterocycles. The van der Waals surface area contributed by atoms with Crippen LogP contribution < -0.4 is 5.56 Å². The molecule has 1 aliphatic heterocycles. The summed E-state index contributed by atoms with van der Waals surface area (Å²) in [6, 6.07) is 9.52. The summed E-state index contributed by atoms with van der Waals surface area (Å²) in [5.41, 5.74) is 2.18. The Bertz CT molecular complexity index is 679. The van der Waals surface area contributed by atoms with E-state index in [0.29, 0.717) is 12.1 Å². The van der Waals surface area contributed by atoms with Crippen LogP contribution in [0, 0.1) is 6.92 Å². The minimum atomic E-state index is -0.0743. The Morgan fingerprint density at radius 1 is 1.43 bits per heavy atom. The number of aromatic nitrogens is 2. The number of hydrogen-bond acceptors (Lipinski definition) is 3. The molecular weight excluding hydrogens is 266 g/mol. The Hall–Kier alpha value is -2.14. The summed E-state index contributed by atoms with van der Waals surface area (Å²) in [5.74, 6) is 0. The van der Waals surface area contributed by atoms with Crippen LogP contribution in [0.1, 0.15) is 24.1 Å². The van der Waals surface area contributed by atoms with E-state index in [4.69, 9.17) is 4.74 Å². The minimum absolute atomic E-state index is 0.0743. The van der Waals surface area contributed by atoms with Crippen LogP contribution in [0.25, 0.3) is 5.69 Å².